The molecule has 2 aromatic heterocycles. The second kappa shape index (κ2) is 19.9. The summed E-state index contributed by atoms with van der Waals surface area (Å²) in [5.41, 5.74) is 2.48. The van der Waals surface area contributed by atoms with E-state index < -0.39 is 65.1 Å². The van der Waals surface area contributed by atoms with Gasteiger partial charge in [0.1, 0.15) is 12.1 Å². The molecule has 4 aromatic rings. The van der Waals surface area contributed by atoms with Crippen LogP contribution in [0, 0.1) is 10.8 Å². The predicted molar refractivity (Wildman–Crippen MR) is 218 cm³/mol. The molecule has 4 amide bonds. The zero-order valence-electron chi connectivity index (χ0n) is 33.8. The van der Waals surface area contributed by atoms with Crippen LogP contribution in [-0.2, 0) is 33.7 Å². The molecule has 0 fully saturated rings. The SMILES string of the molecule is COC(=O)N[C@H](C(=O)N[C@@H](Cc1ccc(-c2ccccn2)cc1)C[C@H](O)[C@H](Cc1ccccc1)NC(=O)[C@@H](N(Cc1cccnc1)C(=O)O)C(C)(C)C)C(C)(C)C. The summed E-state index contributed by atoms with van der Waals surface area (Å²) in [5.74, 6) is -1.05. The third kappa shape index (κ3) is 13.1. The number of carboxylic acid groups (broad SMARTS) is 1. The summed E-state index contributed by atoms with van der Waals surface area (Å²) in [5, 5.41) is 31.2. The van der Waals surface area contributed by atoms with Crippen molar-refractivity contribution in [3.05, 3.63) is 120 Å². The van der Waals surface area contributed by atoms with Crippen LogP contribution in [0.5, 0.6) is 0 Å². The van der Waals surface area contributed by atoms with Crippen molar-refractivity contribution in [2.24, 2.45) is 10.8 Å². The molecule has 57 heavy (non-hydrogen) atoms. The van der Waals surface area contributed by atoms with Crippen LogP contribution in [0.3, 0.4) is 0 Å². The standard InChI is InChI=1S/C44H56N6O7/c1-43(2,3)37(49-41(54)57-7)39(52)47-33(24-30-18-20-32(21-19-30)34-17-11-12-23-46-34)26-36(51)35(25-29-14-9-8-10-15-29)48-40(53)38(44(4,5)6)50(42(55)56)28-31-16-13-22-45-27-31/h8-23,27,33,35-38,51H,24-26,28H2,1-7H3,(H,47,52)(H,48,53)(H,49,54)(H,55,56)/t33-,35-,36-,37+,38+/m0/s1. The second-order valence-corrected chi connectivity index (χ2v) is 16.4. The van der Waals surface area contributed by atoms with E-state index in [0.717, 1.165) is 27.3 Å². The Bertz CT molecular complexity index is 1900. The number of aromatic nitrogens is 2. The maximum absolute atomic E-state index is 14.4. The van der Waals surface area contributed by atoms with Crippen molar-refractivity contribution in [3.8, 4) is 11.3 Å². The first-order chi connectivity index (χ1) is 27.0. The Morgan fingerprint density at radius 1 is 0.737 bits per heavy atom. The van der Waals surface area contributed by atoms with Gasteiger partial charge in [-0.05, 0) is 65.0 Å². The number of methoxy groups -OCH3 is 1. The lowest BCUT2D eigenvalue weighted by Crippen LogP contribution is -2.59. The number of carbonyl (C=O) groups is 4. The average Bonchev–Trinajstić information content (AvgIpc) is 3.16. The lowest BCUT2D eigenvalue weighted by atomic mass is 9.84. The molecular weight excluding hydrogens is 725 g/mol. The van der Waals surface area contributed by atoms with Gasteiger partial charge in [0, 0.05) is 30.2 Å². The average molecular weight is 781 g/mol. The smallest absolute Gasteiger partial charge is 0.408 e. The predicted octanol–water partition coefficient (Wildman–Crippen LogP) is 6.02. The largest absolute Gasteiger partial charge is 0.465 e. The zero-order valence-corrected chi connectivity index (χ0v) is 33.8. The fraction of sp³-hybridized carbons (Fsp3) is 0.409. The first-order valence-electron chi connectivity index (χ1n) is 19.0. The molecular formula is C44H56N6O7. The number of amides is 4. The number of aliphatic hydroxyl groups excluding tert-OH is 1. The number of alkyl carbamates (subject to hydrolysis) is 1. The molecule has 0 aliphatic heterocycles. The van der Waals surface area contributed by atoms with Crippen LogP contribution in [-0.4, -0.2) is 86.5 Å². The highest BCUT2D eigenvalue weighted by Crippen LogP contribution is 2.28. The third-order valence-corrected chi connectivity index (χ3v) is 9.64. The molecule has 4 rings (SSSR count). The third-order valence-electron chi connectivity index (χ3n) is 9.64. The van der Waals surface area contributed by atoms with Crippen LogP contribution in [0.1, 0.15) is 64.7 Å². The first kappa shape index (κ1) is 43.9. The van der Waals surface area contributed by atoms with Crippen molar-refractivity contribution in [1.29, 1.82) is 0 Å². The Balaban J connectivity index is 1.68. The van der Waals surface area contributed by atoms with Crippen LogP contribution in [0.4, 0.5) is 9.59 Å². The summed E-state index contributed by atoms with van der Waals surface area (Å²) >= 11 is 0. The molecule has 13 nitrogen and oxygen atoms in total. The van der Waals surface area contributed by atoms with Crippen LogP contribution < -0.4 is 16.0 Å². The van der Waals surface area contributed by atoms with Gasteiger partial charge in [0.15, 0.2) is 0 Å². The molecule has 304 valence electrons. The van der Waals surface area contributed by atoms with Gasteiger partial charge in [-0.15, -0.1) is 0 Å². The maximum Gasteiger partial charge on any atom is 0.408 e. The number of pyridine rings is 2. The van der Waals surface area contributed by atoms with Crippen molar-refractivity contribution in [1.82, 2.24) is 30.8 Å². The van der Waals surface area contributed by atoms with E-state index in [4.69, 9.17) is 4.74 Å². The molecule has 13 heteroatoms. The number of hydrogen-bond acceptors (Lipinski definition) is 8. The molecule has 0 bridgehead atoms. The van der Waals surface area contributed by atoms with E-state index in [2.05, 4.69) is 25.9 Å². The number of rotatable bonds is 16. The van der Waals surface area contributed by atoms with E-state index in [0.29, 0.717) is 12.0 Å². The molecule has 0 spiro atoms. The molecule has 0 radical (unpaired) electrons. The summed E-state index contributed by atoms with van der Waals surface area (Å²) in [6, 6.07) is 22.5. The molecule has 2 aromatic carbocycles. The Morgan fingerprint density at radius 2 is 1.39 bits per heavy atom. The number of ether oxygens (including phenoxy) is 1. The van der Waals surface area contributed by atoms with E-state index in [1.165, 1.54) is 7.11 Å². The Morgan fingerprint density at radius 3 is 1.95 bits per heavy atom. The monoisotopic (exact) mass is 780 g/mol. The molecule has 5 atom stereocenters. The number of nitrogens with zero attached hydrogens (tertiary/aromatic N) is 3. The Labute approximate surface area is 335 Å². The molecule has 0 saturated heterocycles. The molecule has 2 heterocycles. The van der Waals surface area contributed by atoms with Crippen LogP contribution in [0.15, 0.2) is 104 Å². The van der Waals surface area contributed by atoms with Gasteiger partial charge in [-0.2, -0.15) is 0 Å². The number of hydrogen-bond donors (Lipinski definition) is 5. The van der Waals surface area contributed by atoms with Gasteiger partial charge in [0.25, 0.3) is 0 Å². The number of aliphatic hydroxyl groups is 1. The number of benzene rings is 2. The van der Waals surface area contributed by atoms with Gasteiger partial charge in [-0.1, -0.05) is 108 Å². The topological polar surface area (TPSA) is 183 Å². The normalized spacial score (nSPS) is 14.2. The summed E-state index contributed by atoms with van der Waals surface area (Å²) in [4.78, 5) is 63.1. The van der Waals surface area contributed by atoms with Gasteiger partial charge < -0.3 is 30.9 Å². The zero-order chi connectivity index (χ0) is 41.8. The first-order valence-corrected chi connectivity index (χ1v) is 19.0. The van der Waals surface area contributed by atoms with Crippen molar-refractivity contribution in [2.75, 3.05) is 7.11 Å². The van der Waals surface area contributed by atoms with Gasteiger partial charge in [0.05, 0.1) is 31.5 Å². The summed E-state index contributed by atoms with van der Waals surface area (Å²) in [6.45, 7) is 10.7. The molecule has 0 aliphatic rings. The molecule has 0 unspecified atom stereocenters. The Hall–Kier alpha value is -5.82. The van der Waals surface area contributed by atoms with Crippen molar-refractivity contribution < 1.29 is 34.1 Å². The number of carbonyl (C=O) groups excluding carboxylic acids is 3. The van der Waals surface area contributed by atoms with E-state index >= 15 is 0 Å². The summed E-state index contributed by atoms with van der Waals surface area (Å²) in [7, 11) is 1.22. The Kier molecular flexibility index (Phi) is 15.3. The van der Waals surface area contributed by atoms with Crippen molar-refractivity contribution in [3.63, 3.8) is 0 Å². The van der Waals surface area contributed by atoms with Gasteiger partial charge in [-0.25, -0.2) is 9.59 Å². The molecule has 5 N–H and O–H groups in total. The minimum Gasteiger partial charge on any atom is -0.465 e. The fourth-order valence-electron chi connectivity index (χ4n) is 6.79. The lowest BCUT2D eigenvalue weighted by Gasteiger charge is -2.39. The van der Waals surface area contributed by atoms with Gasteiger partial charge >= 0.3 is 12.2 Å². The minimum absolute atomic E-state index is 0.000879. The van der Waals surface area contributed by atoms with Crippen molar-refractivity contribution >= 4 is 24.0 Å². The van der Waals surface area contributed by atoms with E-state index in [1.54, 1.807) is 51.5 Å². The van der Waals surface area contributed by atoms with E-state index in [9.17, 15) is 29.4 Å². The van der Waals surface area contributed by atoms with Crippen LogP contribution in [0.25, 0.3) is 11.3 Å². The van der Waals surface area contributed by atoms with Gasteiger partial charge in [-0.3, -0.25) is 24.5 Å². The summed E-state index contributed by atoms with van der Waals surface area (Å²) < 4.78 is 4.81. The number of nitrogens with one attached hydrogen (secondary N) is 3. The van der Waals surface area contributed by atoms with Crippen LogP contribution in [0.2, 0.25) is 0 Å². The maximum atomic E-state index is 14.4. The van der Waals surface area contributed by atoms with Gasteiger partial charge in [0.2, 0.25) is 11.8 Å². The highest BCUT2D eigenvalue weighted by atomic mass is 16.5. The second-order valence-electron chi connectivity index (χ2n) is 16.4. The minimum atomic E-state index is -1.28. The van der Waals surface area contributed by atoms with E-state index in [1.807, 2.05) is 93.6 Å². The van der Waals surface area contributed by atoms with Crippen LogP contribution >= 0.6 is 0 Å². The van der Waals surface area contributed by atoms with Crippen molar-refractivity contribution in [2.45, 2.75) is 97.6 Å². The fourth-order valence-corrected chi connectivity index (χ4v) is 6.79. The van der Waals surface area contributed by atoms with E-state index in [-0.39, 0.29) is 19.4 Å². The quantitative estimate of drug-likeness (QED) is 0.0909. The molecule has 0 saturated carbocycles. The highest BCUT2D eigenvalue weighted by molar-refractivity contribution is 5.87. The summed E-state index contributed by atoms with van der Waals surface area (Å²) in [6.07, 6.45) is 2.13. The lowest BCUT2D eigenvalue weighted by molar-refractivity contribution is -0.132. The molecule has 0 aliphatic carbocycles. The highest BCUT2D eigenvalue weighted by Gasteiger charge is 2.41.